The van der Waals surface area contributed by atoms with Crippen LogP contribution in [0, 0.1) is 6.92 Å². The Morgan fingerprint density at radius 2 is 1.82 bits per heavy atom. The van der Waals surface area contributed by atoms with Crippen LogP contribution in [0.2, 0.25) is 0 Å². The summed E-state index contributed by atoms with van der Waals surface area (Å²) < 4.78 is 16.6. The van der Waals surface area contributed by atoms with Gasteiger partial charge in [-0.25, -0.2) is 0 Å². The van der Waals surface area contributed by atoms with E-state index >= 15 is 0 Å². The zero-order valence-electron chi connectivity index (χ0n) is 19.1. The third kappa shape index (κ3) is 4.20. The van der Waals surface area contributed by atoms with Gasteiger partial charge in [-0.1, -0.05) is 35.0 Å². The average molecular weight is 473 g/mol. The Labute approximate surface area is 203 Å². The van der Waals surface area contributed by atoms with Gasteiger partial charge in [-0.15, -0.1) is 0 Å². The van der Waals surface area contributed by atoms with E-state index in [0.29, 0.717) is 23.4 Å². The highest BCUT2D eigenvalue weighted by Crippen LogP contribution is 2.38. The molecule has 0 amide bonds. The van der Waals surface area contributed by atoms with Crippen molar-refractivity contribution in [2.45, 2.75) is 26.4 Å². The molecule has 0 aliphatic carbocycles. The van der Waals surface area contributed by atoms with E-state index in [-0.39, 0.29) is 6.04 Å². The van der Waals surface area contributed by atoms with Crippen molar-refractivity contribution >= 4 is 22.9 Å². The van der Waals surface area contributed by atoms with Crippen molar-refractivity contribution in [2.24, 2.45) is 0 Å². The average Bonchev–Trinajstić information content (AvgIpc) is 3.54. The molecule has 1 atom stereocenters. The van der Waals surface area contributed by atoms with E-state index in [4.69, 9.17) is 30.9 Å². The molecule has 1 unspecified atom stereocenters. The van der Waals surface area contributed by atoms with E-state index in [1.54, 1.807) is 13.4 Å². The number of nitrogens with one attached hydrogen (secondary N) is 1. The Bertz CT molecular complexity index is 1330. The van der Waals surface area contributed by atoms with Crippen molar-refractivity contribution in [2.75, 3.05) is 7.11 Å². The minimum Gasteiger partial charge on any atom is -0.497 e. The summed E-state index contributed by atoms with van der Waals surface area (Å²) >= 11 is 5.75. The number of benzene rings is 2. The SMILES string of the molecule is COc1ccc(-c2noc(C3=C(C)N(Cc4ccco4)C(=S)NC3c3ccc(C)cc3)n2)cc1. The number of aromatic nitrogens is 2. The zero-order chi connectivity index (χ0) is 23.7. The van der Waals surface area contributed by atoms with E-state index in [9.17, 15) is 0 Å². The van der Waals surface area contributed by atoms with Gasteiger partial charge in [0.25, 0.3) is 5.89 Å². The quantitative estimate of drug-likeness (QED) is 0.368. The van der Waals surface area contributed by atoms with Crippen LogP contribution >= 0.6 is 12.2 Å². The van der Waals surface area contributed by atoms with Gasteiger partial charge < -0.3 is 23.9 Å². The Balaban J connectivity index is 1.58. The lowest BCUT2D eigenvalue weighted by Gasteiger charge is -2.37. The maximum absolute atomic E-state index is 5.80. The van der Waals surface area contributed by atoms with Gasteiger partial charge in [0.05, 0.1) is 31.5 Å². The van der Waals surface area contributed by atoms with Crippen LogP contribution in [0.25, 0.3) is 17.0 Å². The zero-order valence-corrected chi connectivity index (χ0v) is 19.9. The van der Waals surface area contributed by atoms with E-state index in [2.05, 4.69) is 41.7 Å². The van der Waals surface area contributed by atoms with Gasteiger partial charge in [0.2, 0.25) is 5.82 Å². The Kier molecular flexibility index (Phi) is 5.90. The highest BCUT2D eigenvalue weighted by atomic mass is 32.1. The normalized spacial score (nSPS) is 16.0. The van der Waals surface area contributed by atoms with Crippen LogP contribution in [0.1, 0.15) is 35.7 Å². The minimum absolute atomic E-state index is 0.231. The minimum atomic E-state index is -0.231. The van der Waals surface area contributed by atoms with Crippen molar-refractivity contribution in [3.05, 3.63) is 95.4 Å². The van der Waals surface area contributed by atoms with Crippen LogP contribution in [0.5, 0.6) is 5.75 Å². The fourth-order valence-corrected chi connectivity index (χ4v) is 4.33. The highest BCUT2D eigenvalue weighted by molar-refractivity contribution is 7.80. The molecule has 172 valence electrons. The summed E-state index contributed by atoms with van der Waals surface area (Å²) in [4.78, 5) is 6.74. The topological polar surface area (TPSA) is 76.6 Å². The summed E-state index contributed by atoms with van der Waals surface area (Å²) in [6.45, 7) is 4.58. The van der Waals surface area contributed by atoms with Crippen LogP contribution in [0.15, 0.2) is 81.6 Å². The van der Waals surface area contributed by atoms with Gasteiger partial charge in [-0.2, -0.15) is 4.98 Å². The van der Waals surface area contributed by atoms with Crippen molar-refractivity contribution in [3.63, 3.8) is 0 Å². The molecule has 0 saturated heterocycles. The first-order valence-corrected chi connectivity index (χ1v) is 11.3. The number of rotatable bonds is 6. The van der Waals surface area contributed by atoms with E-state index < -0.39 is 0 Å². The lowest BCUT2D eigenvalue weighted by atomic mass is 9.94. The molecule has 34 heavy (non-hydrogen) atoms. The van der Waals surface area contributed by atoms with Crippen LogP contribution in [-0.2, 0) is 6.54 Å². The molecule has 4 aromatic rings. The smallest absolute Gasteiger partial charge is 0.258 e. The molecule has 8 heteroatoms. The molecule has 0 radical (unpaired) electrons. The van der Waals surface area contributed by atoms with Crippen molar-refractivity contribution in [3.8, 4) is 17.1 Å². The van der Waals surface area contributed by atoms with Gasteiger partial charge in [0.1, 0.15) is 11.5 Å². The molecule has 0 bridgehead atoms. The molecule has 1 aliphatic rings. The summed E-state index contributed by atoms with van der Waals surface area (Å²) in [7, 11) is 1.64. The van der Waals surface area contributed by atoms with E-state index in [1.807, 2.05) is 48.2 Å². The molecule has 5 rings (SSSR count). The summed E-state index contributed by atoms with van der Waals surface area (Å²) in [5.74, 6) is 2.52. The molecular formula is C26H24N4O3S. The fourth-order valence-electron chi connectivity index (χ4n) is 4.01. The summed E-state index contributed by atoms with van der Waals surface area (Å²) in [6, 6.07) is 19.5. The van der Waals surface area contributed by atoms with Gasteiger partial charge in [0, 0.05) is 11.3 Å². The van der Waals surface area contributed by atoms with Crippen LogP contribution in [0.3, 0.4) is 0 Å². The lowest BCUT2D eigenvalue weighted by Crippen LogP contribution is -2.45. The molecule has 0 fully saturated rings. The molecule has 3 heterocycles. The number of thiocarbonyl (C=S) groups is 1. The van der Waals surface area contributed by atoms with Crippen molar-refractivity contribution < 1.29 is 13.7 Å². The monoisotopic (exact) mass is 472 g/mol. The summed E-state index contributed by atoms with van der Waals surface area (Å²) in [6.07, 6.45) is 1.66. The molecule has 0 saturated carbocycles. The Morgan fingerprint density at radius 1 is 1.06 bits per heavy atom. The molecule has 1 N–H and O–H groups in total. The molecular weight excluding hydrogens is 448 g/mol. The van der Waals surface area contributed by atoms with Crippen LogP contribution < -0.4 is 10.1 Å². The number of methoxy groups -OCH3 is 1. The second-order valence-corrected chi connectivity index (χ2v) is 8.50. The van der Waals surface area contributed by atoms with E-state index in [0.717, 1.165) is 33.9 Å². The van der Waals surface area contributed by atoms with E-state index in [1.165, 1.54) is 5.56 Å². The van der Waals surface area contributed by atoms with Gasteiger partial charge in [-0.3, -0.25) is 0 Å². The van der Waals surface area contributed by atoms with Crippen molar-refractivity contribution in [1.29, 1.82) is 0 Å². The van der Waals surface area contributed by atoms with Crippen LogP contribution in [-0.4, -0.2) is 27.3 Å². The lowest BCUT2D eigenvalue weighted by molar-refractivity contribution is 0.382. The first-order chi connectivity index (χ1) is 16.5. The summed E-state index contributed by atoms with van der Waals surface area (Å²) in [5.41, 5.74) is 4.88. The maximum Gasteiger partial charge on any atom is 0.258 e. The van der Waals surface area contributed by atoms with Gasteiger partial charge >= 0.3 is 0 Å². The predicted molar refractivity (Wildman–Crippen MR) is 133 cm³/mol. The number of nitrogens with zero attached hydrogens (tertiary/aromatic N) is 3. The Hall–Kier alpha value is -3.91. The first-order valence-electron chi connectivity index (χ1n) is 10.9. The fraction of sp³-hybridized carbons (Fsp3) is 0.192. The number of furan rings is 1. The largest absolute Gasteiger partial charge is 0.497 e. The predicted octanol–water partition coefficient (Wildman–Crippen LogP) is 5.51. The third-order valence-electron chi connectivity index (χ3n) is 5.91. The number of allylic oxidation sites excluding steroid dienone is 1. The number of aryl methyl sites for hydroxylation is 1. The van der Waals surface area contributed by atoms with Gasteiger partial charge in [0.15, 0.2) is 5.11 Å². The second-order valence-electron chi connectivity index (χ2n) is 8.11. The van der Waals surface area contributed by atoms with Gasteiger partial charge in [-0.05, 0) is 68.0 Å². The molecule has 0 spiro atoms. The standard InChI is InChI=1S/C26H24N4O3S/c1-16-6-8-18(9-7-16)23-22(17(2)30(26(34)27-23)15-21-5-4-14-32-21)25-28-24(29-33-25)19-10-12-20(31-3)13-11-19/h4-14,23H,15H2,1-3H3,(H,27,34). The molecule has 1 aliphatic heterocycles. The molecule has 2 aromatic carbocycles. The molecule has 2 aromatic heterocycles. The van der Waals surface area contributed by atoms with Crippen molar-refractivity contribution in [1.82, 2.24) is 20.4 Å². The number of hydrogen-bond donors (Lipinski definition) is 1. The highest BCUT2D eigenvalue weighted by Gasteiger charge is 2.34. The number of hydrogen-bond acceptors (Lipinski definition) is 6. The second kappa shape index (κ2) is 9.15. The first kappa shape index (κ1) is 21.9. The maximum atomic E-state index is 5.80. The van der Waals surface area contributed by atoms with Crippen LogP contribution in [0.4, 0.5) is 0 Å². The Morgan fingerprint density at radius 3 is 2.50 bits per heavy atom. The summed E-state index contributed by atoms with van der Waals surface area (Å²) in [5, 5.41) is 8.34. The number of ether oxygens (including phenoxy) is 1. The molecule has 7 nitrogen and oxygen atoms in total. The third-order valence-corrected chi connectivity index (χ3v) is 6.24.